The van der Waals surface area contributed by atoms with Gasteiger partial charge in [0.2, 0.25) is 0 Å². The Bertz CT molecular complexity index is 2860. The van der Waals surface area contributed by atoms with Crippen LogP contribution in [0.15, 0.2) is 192 Å². The summed E-state index contributed by atoms with van der Waals surface area (Å²) in [6.07, 6.45) is 0. The van der Waals surface area contributed by atoms with Gasteiger partial charge < -0.3 is 9.32 Å². The molecule has 0 N–H and O–H groups in total. The monoisotopic (exact) mass is 637 g/mol. The smallest absolute Gasteiger partial charge is 0.137 e. The lowest BCUT2D eigenvalue weighted by Gasteiger charge is -2.28. The summed E-state index contributed by atoms with van der Waals surface area (Å²) in [5, 5.41) is 9.52. The molecule has 0 aliphatic carbocycles. The van der Waals surface area contributed by atoms with E-state index >= 15 is 0 Å². The van der Waals surface area contributed by atoms with Crippen molar-refractivity contribution in [3.63, 3.8) is 0 Å². The van der Waals surface area contributed by atoms with Crippen LogP contribution in [-0.4, -0.2) is 0 Å². The summed E-state index contributed by atoms with van der Waals surface area (Å²) >= 11 is 0. The van der Waals surface area contributed by atoms with Crippen LogP contribution >= 0.6 is 0 Å². The van der Waals surface area contributed by atoms with Gasteiger partial charge in [0.25, 0.3) is 0 Å². The quantitative estimate of drug-likeness (QED) is 0.175. The Hall–Kier alpha value is -6.64. The minimum atomic E-state index is 0.872. The van der Waals surface area contributed by atoms with Crippen molar-refractivity contribution in [1.82, 2.24) is 0 Å². The molecule has 234 valence electrons. The lowest BCUT2D eigenvalue weighted by molar-refractivity contribution is 0.669. The molecule has 10 aromatic rings. The summed E-state index contributed by atoms with van der Waals surface area (Å²) < 4.78 is 6.44. The van der Waals surface area contributed by atoms with E-state index < -0.39 is 0 Å². The molecule has 50 heavy (non-hydrogen) atoms. The molecule has 0 fully saturated rings. The molecule has 0 amide bonds. The highest BCUT2D eigenvalue weighted by atomic mass is 16.3. The maximum absolute atomic E-state index is 6.44. The number of hydrogen-bond acceptors (Lipinski definition) is 2. The molecule has 0 bridgehead atoms. The Labute approximate surface area is 290 Å². The molecule has 2 nitrogen and oxygen atoms in total. The van der Waals surface area contributed by atoms with E-state index in [9.17, 15) is 0 Å². The van der Waals surface area contributed by atoms with Gasteiger partial charge in [0.15, 0.2) is 0 Å². The highest BCUT2D eigenvalue weighted by Crippen LogP contribution is 2.49. The molecule has 0 saturated heterocycles. The van der Waals surface area contributed by atoms with Gasteiger partial charge >= 0.3 is 0 Å². The number of hydrogen-bond donors (Lipinski definition) is 0. The zero-order valence-electron chi connectivity index (χ0n) is 27.3. The van der Waals surface area contributed by atoms with E-state index in [1.54, 1.807) is 0 Å². The molecule has 0 aliphatic heterocycles. The van der Waals surface area contributed by atoms with E-state index in [1.165, 1.54) is 54.6 Å². The molecule has 10 rings (SSSR count). The Kier molecular flexibility index (Phi) is 6.53. The van der Waals surface area contributed by atoms with Crippen LogP contribution in [0.25, 0.3) is 76.5 Å². The second-order valence-electron chi connectivity index (χ2n) is 12.8. The number of furan rings is 1. The number of nitrogens with zero attached hydrogens (tertiary/aromatic N) is 1. The van der Waals surface area contributed by atoms with Crippen LogP contribution < -0.4 is 4.90 Å². The van der Waals surface area contributed by atoms with Crippen molar-refractivity contribution >= 4 is 71.3 Å². The topological polar surface area (TPSA) is 16.4 Å². The Morgan fingerprint density at radius 1 is 0.340 bits per heavy atom. The molecule has 9 aromatic carbocycles. The van der Waals surface area contributed by atoms with Gasteiger partial charge in [0.1, 0.15) is 11.2 Å². The summed E-state index contributed by atoms with van der Waals surface area (Å²) in [7, 11) is 0. The maximum Gasteiger partial charge on any atom is 0.137 e. The standard InChI is InChI=1S/C48H31NO/c1-3-16-33(17-4-1)46-39-23-10-9-22-37(39)38-30-29-35(31-41(38)47(46)34-18-5-2-6-19-34)49(42-25-13-20-32-15-7-8-21-36(32)42)43-26-14-28-45-48(43)40-24-11-12-27-44(40)50-45/h1-31H. The minimum absolute atomic E-state index is 0.872. The lowest BCUT2D eigenvalue weighted by Crippen LogP contribution is -2.11. The summed E-state index contributed by atoms with van der Waals surface area (Å²) in [5.74, 6) is 0. The van der Waals surface area contributed by atoms with Crippen molar-refractivity contribution < 1.29 is 4.42 Å². The molecule has 0 unspecified atom stereocenters. The Morgan fingerprint density at radius 2 is 0.880 bits per heavy atom. The number of para-hydroxylation sites is 1. The molecule has 0 spiro atoms. The van der Waals surface area contributed by atoms with Crippen molar-refractivity contribution in [3.8, 4) is 22.3 Å². The first-order chi connectivity index (χ1) is 24.8. The first-order valence-corrected chi connectivity index (χ1v) is 17.1. The van der Waals surface area contributed by atoms with Gasteiger partial charge in [-0.05, 0) is 85.6 Å². The molecule has 1 aromatic heterocycles. The van der Waals surface area contributed by atoms with Crippen molar-refractivity contribution in [1.29, 1.82) is 0 Å². The first kappa shape index (κ1) is 28.4. The summed E-state index contributed by atoms with van der Waals surface area (Å²) in [6.45, 7) is 0. The van der Waals surface area contributed by atoms with E-state index in [0.717, 1.165) is 39.0 Å². The van der Waals surface area contributed by atoms with Crippen LogP contribution in [0.1, 0.15) is 0 Å². The molecule has 0 radical (unpaired) electrons. The number of anilines is 3. The Morgan fingerprint density at radius 3 is 1.66 bits per heavy atom. The predicted molar refractivity (Wildman–Crippen MR) is 212 cm³/mol. The van der Waals surface area contributed by atoms with E-state index in [1.807, 2.05) is 6.07 Å². The van der Waals surface area contributed by atoms with Crippen LogP contribution in [0.5, 0.6) is 0 Å². The van der Waals surface area contributed by atoms with Crippen LogP contribution in [0, 0.1) is 0 Å². The predicted octanol–water partition coefficient (Wildman–Crippen LogP) is 13.8. The fourth-order valence-electron chi connectivity index (χ4n) is 7.88. The highest BCUT2D eigenvalue weighted by Gasteiger charge is 2.23. The van der Waals surface area contributed by atoms with Gasteiger partial charge in [0.05, 0.1) is 16.8 Å². The SMILES string of the molecule is c1ccc(-c2c(-c3ccccc3)c3cc(N(c4cccc5ccccc45)c4cccc5oc6ccccc6c45)ccc3c3ccccc23)cc1. The molecule has 0 saturated carbocycles. The van der Waals surface area contributed by atoms with Gasteiger partial charge in [-0.3, -0.25) is 0 Å². The van der Waals surface area contributed by atoms with E-state index in [4.69, 9.17) is 4.42 Å². The zero-order chi connectivity index (χ0) is 33.0. The molecular formula is C48H31NO. The van der Waals surface area contributed by atoms with Gasteiger partial charge in [-0.25, -0.2) is 0 Å². The van der Waals surface area contributed by atoms with Crippen molar-refractivity contribution in [2.24, 2.45) is 0 Å². The second kappa shape index (κ2) is 11.5. The van der Waals surface area contributed by atoms with E-state index in [2.05, 4.69) is 187 Å². The second-order valence-corrected chi connectivity index (χ2v) is 12.8. The molecular weight excluding hydrogens is 607 g/mol. The fraction of sp³-hybridized carbons (Fsp3) is 0. The fourth-order valence-corrected chi connectivity index (χ4v) is 7.88. The van der Waals surface area contributed by atoms with Gasteiger partial charge in [-0.15, -0.1) is 0 Å². The average molecular weight is 638 g/mol. The zero-order valence-corrected chi connectivity index (χ0v) is 27.3. The highest BCUT2D eigenvalue weighted by molar-refractivity contribution is 6.23. The van der Waals surface area contributed by atoms with E-state index in [0.29, 0.717) is 0 Å². The average Bonchev–Trinajstić information content (AvgIpc) is 3.58. The van der Waals surface area contributed by atoms with Gasteiger partial charge in [0, 0.05) is 16.5 Å². The summed E-state index contributed by atoms with van der Waals surface area (Å²) in [5.41, 5.74) is 9.91. The van der Waals surface area contributed by atoms with Gasteiger partial charge in [-0.1, -0.05) is 152 Å². The number of benzene rings is 9. The van der Waals surface area contributed by atoms with Crippen molar-refractivity contribution in [2.45, 2.75) is 0 Å². The normalized spacial score (nSPS) is 11.6. The Balaban J connectivity index is 1.36. The minimum Gasteiger partial charge on any atom is -0.456 e. The van der Waals surface area contributed by atoms with E-state index in [-0.39, 0.29) is 0 Å². The number of rotatable bonds is 5. The van der Waals surface area contributed by atoms with Crippen molar-refractivity contribution in [3.05, 3.63) is 188 Å². The third kappa shape index (κ3) is 4.43. The maximum atomic E-state index is 6.44. The third-order valence-electron chi connectivity index (χ3n) is 10.0. The number of fused-ring (bicyclic) bond motifs is 7. The lowest BCUT2D eigenvalue weighted by atomic mass is 9.85. The van der Waals surface area contributed by atoms with Crippen LogP contribution in [0.2, 0.25) is 0 Å². The van der Waals surface area contributed by atoms with Gasteiger partial charge in [-0.2, -0.15) is 0 Å². The van der Waals surface area contributed by atoms with Crippen LogP contribution in [0.3, 0.4) is 0 Å². The molecule has 0 aliphatic rings. The van der Waals surface area contributed by atoms with Crippen molar-refractivity contribution in [2.75, 3.05) is 4.90 Å². The molecule has 0 atom stereocenters. The summed E-state index contributed by atoms with van der Waals surface area (Å²) in [4.78, 5) is 2.43. The first-order valence-electron chi connectivity index (χ1n) is 17.1. The molecule has 2 heteroatoms. The largest absolute Gasteiger partial charge is 0.456 e. The summed E-state index contributed by atoms with van der Waals surface area (Å²) in [6, 6.07) is 67.5. The third-order valence-corrected chi connectivity index (χ3v) is 10.0. The van der Waals surface area contributed by atoms with Crippen LogP contribution in [0.4, 0.5) is 17.1 Å². The molecule has 1 heterocycles. The van der Waals surface area contributed by atoms with Crippen LogP contribution in [-0.2, 0) is 0 Å².